The maximum absolute atomic E-state index is 12.5. The third-order valence-electron chi connectivity index (χ3n) is 2.26. The normalized spacial score (nSPS) is 16.9. The second-order valence-corrected chi connectivity index (χ2v) is 3.50. The van der Waals surface area contributed by atoms with Crippen LogP contribution in [-0.4, -0.2) is 36.0 Å². The first kappa shape index (κ1) is 15.7. The smallest absolute Gasteiger partial charge is 0.448 e. The third kappa shape index (κ3) is 3.32. The van der Waals surface area contributed by atoms with E-state index in [0.717, 1.165) is 0 Å². The number of halogens is 3. The Kier molecular flexibility index (Phi) is 4.94. The number of esters is 1. The largest absolute Gasteiger partial charge is 0.465 e. The van der Waals surface area contributed by atoms with E-state index in [2.05, 4.69) is 4.74 Å². The average molecular weight is 257 g/mol. The predicted octanol–water partition coefficient (Wildman–Crippen LogP) is 0.573. The molecular weight excluding hydrogens is 243 g/mol. The molecule has 0 rings (SSSR count). The Labute approximate surface area is 95.9 Å². The third-order valence-corrected chi connectivity index (χ3v) is 2.26. The summed E-state index contributed by atoms with van der Waals surface area (Å²) in [5.74, 6) is -3.84. The number of carbonyl (C=O) groups excluding carboxylic acids is 2. The summed E-state index contributed by atoms with van der Waals surface area (Å²) in [6.07, 6.45) is -5.09. The fourth-order valence-electron chi connectivity index (χ4n) is 0.872. The van der Waals surface area contributed by atoms with Crippen LogP contribution in [0, 0.1) is 5.92 Å². The monoisotopic (exact) mass is 257 g/mol. The highest BCUT2D eigenvalue weighted by Crippen LogP contribution is 2.29. The number of hydrogen-bond acceptors (Lipinski definition) is 4. The zero-order valence-electron chi connectivity index (χ0n) is 9.59. The van der Waals surface area contributed by atoms with E-state index in [1.807, 2.05) is 0 Å². The molecule has 8 heteroatoms. The molecule has 0 aliphatic rings. The minimum absolute atomic E-state index is 0.265. The van der Waals surface area contributed by atoms with Crippen LogP contribution < -0.4 is 5.32 Å². The first-order valence-corrected chi connectivity index (χ1v) is 4.79. The van der Waals surface area contributed by atoms with E-state index in [1.54, 1.807) is 6.92 Å². The second kappa shape index (κ2) is 5.35. The molecule has 0 fully saturated rings. The molecule has 17 heavy (non-hydrogen) atoms. The molecule has 0 saturated heterocycles. The summed E-state index contributed by atoms with van der Waals surface area (Å²) >= 11 is 0. The molecule has 0 radical (unpaired) electrons. The molecule has 1 amide bonds. The Morgan fingerprint density at radius 2 is 1.88 bits per heavy atom. The van der Waals surface area contributed by atoms with Crippen LogP contribution in [0.2, 0.25) is 0 Å². The highest BCUT2D eigenvalue weighted by atomic mass is 19.4. The predicted molar refractivity (Wildman–Crippen MR) is 50.6 cm³/mol. The summed E-state index contributed by atoms with van der Waals surface area (Å²) in [6, 6.07) is 0. The summed E-state index contributed by atoms with van der Waals surface area (Å²) < 4.78 is 41.3. The second-order valence-electron chi connectivity index (χ2n) is 3.50. The van der Waals surface area contributed by atoms with Crippen molar-refractivity contribution in [3.8, 4) is 0 Å². The van der Waals surface area contributed by atoms with Crippen molar-refractivity contribution in [1.29, 1.82) is 0 Å². The molecule has 0 aromatic carbocycles. The van der Waals surface area contributed by atoms with Crippen LogP contribution in [0.3, 0.4) is 0 Å². The summed E-state index contributed by atoms with van der Waals surface area (Å²) in [6.45, 7) is 2.94. The van der Waals surface area contributed by atoms with Crippen LogP contribution in [0.4, 0.5) is 13.2 Å². The molecule has 0 heterocycles. The SMILES string of the molecule is CCC(C)C(=O)NC(O)(C(=O)OC)C(F)(F)F. The van der Waals surface area contributed by atoms with Crippen LogP contribution >= 0.6 is 0 Å². The van der Waals surface area contributed by atoms with E-state index in [4.69, 9.17) is 0 Å². The van der Waals surface area contributed by atoms with Gasteiger partial charge in [-0.05, 0) is 6.42 Å². The topological polar surface area (TPSA) is 75.6 Å². The molecule has 2 unspecified atom stereocenters. The minimum atomic E-state index is -5.36. The van der Waals surface area contributed by atoms with Gasteiger partial charge in [0, 0.05) is 5.92 Å². The van der Waals surface area contributed by atoms with Gasteiger partial charge in [0.05, 0.1) is 7.11 Å². The quantitative estimate of drug-likeness (QED) is 0.570. The number of aliphatic hydroxyl groups is 1. The van der Waals surface area contributed by atoms with Crippen molar-refractivity contribution in [1.82, 2.24) is 5.32 Å². The van der Waals surface area contributed by atoms with Crippen molar-refractivity contribution in [2.75, 3.05) is 7.11 Å². The molecule has 0 aromatic rings. The number of amides is 1. The van der Waals surface area contributed by atoms with Gasteiger partial charge in [-0.15, -0.1) is 0 Å². The molecule has 0 bridgehead atoms. The van der Waals surface area contributed by atoms with Crippen molar-refractivity contribution in [2.24, 2.45) is 5.92 Å². The van der Waals surface area contributed by atoms with Gasteiger partial charge >= 0.3 is 17.9 Å². The van der Waals surface area contributed by atoms with Gasteiger partial charge in [0.15, 0.2) is 0 Å². The van der Waals surface area contributed by atoms with Crippen LogP contribution in [0.5, 0.6) is 0 Å². The number of alkyl halides is 3. The van der Waals surface area contributed by atoms with Gasteiger partial charge in [-0.2, -0.15) is 13.2 Å². The van der Waals surface area contributed by atoms with Crippen LogP contribution in [-0.2, 0) is 14.3 Å². The van der Waals surface area contributed by atoms with Gasteiger partial charge in [-0.3, -0.25) is 4.79 Å². The number of carbonyl (C=O) groups is 2. The van der Waals surface area contributed by atoms with Gasteiger partial charge < -0.3 is 15.2 Å². The van der Waals surface area contributed by atoms with E-state index < -0.39 is 29.7 Å². The van der Waals surface area contributed by atoms with E-state index in [1.165, 1.54) is 12.2 Å². The van der Waals surface area contributed by atoms with Gasteiger partial charge in [0.1, 0.15) is 0 Å². The molecule has 2 atom stereocenters. The lowest BCUT2D eigenvalue weighted by atomic mass is 10.1. The van der Waals surface area contributed by atoms with E-state index in [0.29, 0.717) is 7.11 Å². The van der Waals surface area contributed by atoms with Crippen molar-refractivity contribution in [3.05, 3.63) is 0 Å². The minimum Gasteiger partial charge on any atom is -0.465 e. The molecule has 0 aromatic heterocycles. The average Bonchev–Trinajstić information content (AvgIpc) is 2.24. The Bertz CT molecular complexity index is 305. The van der Waals surface area contributed by atoms with Crippen molar-refractivity contribution >= 4 is 11.9 Å². The van der Waals surface area contributed by atoms with E-state index in [-0.39, 0.29) is 6.42 Å². The zero-order chi connectivity index (χ0) is 13.9. The van der Waals surface area contributed by atoms with Crippen molar-refractivity contribution < 1.29 is 32.6 Å². The maximum atomic E-state index is 12.5. The van der Waals surface area contributed by atoms with Gasteiger partial charge in [0.2, 0.25) is 5.91 Å². The number of ether oxygens (including phenoxy) is 1. The fraction of sp³-hybridized carbons (Fsp3) is 0.778. The number of rotatable bonds is 4. The van der Waals surface area contributed by atoms with E-state index in [9.17, 15) is 27.9 Å². The Balaban J connectivity index is 5.11. The molecule has 0 aliphatic carbocycles. The number of methoxy groups -OCH3 is 1. The number of hydrogen-bond donors (Lipinski definition) is 2. The lowest BCUT2D eigenvalue weighted by Gasteiger charge is -2.29. The fourth-order valence-corrected chi connectivity index (χ4v) is 0.872. The van der Waals surface area contributed by atoms with Crippen LogP contribution in [0.25, 0.3) is 0 Å². The highest BCUT2D eigenvalue weighted by Gasteiger charge is 2.62. The first-order valence-electron chi connectivity index (χ1n) is 4.79. The molecule has 0 saturated carbocycles. The Hall–Kier alpha value is -1.31. The molecule has 5 nitrogen and oxygen atoms in total. The molecular formula is C9H14F3NO4. The van der Waals surface area contributed by atoms with Gasteiger partial charge in [0.25, 0.3) is 0 Å². The van der Waals surface area contributed by atoms with E-state index >= 15 is 0 Å². The van der Waals surface area contributed by atoms with Crippen LogP contribution in [0.15, 0.2) is 0 Å². The summed E-state index contributed by atoms with van der Waals surface area (Å²) in [5, 5.41) is 10.5. The maximum Gasteiger partial charge on any atom is 0.448 e. The lowest BCUT2D eigenvalue weighted by molar-refractivity contribution is -0.270. The van der Waals surface area contributed by atoms with Gasteiger partial charge in [-0.25, -0.2) is 4.79 Å². The molecule has 0 spiro atoms. The molecule has 2 N–H and O–H groups in total. The van der Waals surface area contributed by atoms with Gasteiger partial charge in [-0.1, -0.05) is 13.8 Å². The lowest BCUT2D eigenvalue weighted by Crippen LogP contribution is -2.65. The van der Waals surface area contributed by atoms with Crippen molar-refractivity contribution in [2.45, 2.75) is 32.2 Å². The molecule has 100 valence electrons. The Morgan fingerprint density at radius 1 is 1.41 bits per heavy atom. The van der Waals surface area contributed by atoms with Crippen molar-refractivity contribution in [3.63, 3.8) is 0 Å². The standard InChI is InChI=1S/C9H14F3NO4/c1-4-5(2)6(14)13-8(16,7(15)17-3)9(10,11)12/h5,16H,4H2,1-3H3,(H,13,14). The number of nitrogens with one attached hydrogen (secondary N) is 1. The Morgan fingerprint density at radius 3 is 2.18 bits per heavy atom. The first-order chi connectivity index (χ1) is 7.60. The highest BCUT2D eigenvalue weighted by molar-refractivity contribution is 5.88. The summed E-state index contributed by atoms with van der Waals surface area (Å²) in [7, 11) is 0.675. The summed E-state index contributed by atoms with van der Waals surface area (Å²) in [4.78, 5) is 22.2. The van der Waals surface area contributed by atoms with Crippen LogP contribution in [0.1, 0.15) is 20.3 Å². The molecule has 0 aliphatic heterocycles. The zero-order valence-corrected chi connectivity index (χ0v) is 9.59. The summed E-state index contributed by atoms with van der Waals surface area (Å²) in [5.41, 5.74) is -4.01.